The van der Waals surface area contributed by atoms with Crippen molar-refractivity contribution in [3.63, 3.8) is 0 Å². The maximum atomic E-state index is 9.87. The number of fused-ring (bicyclic) bond motifs is 3. The molecule has 1 unspecified atom stereocenters. The predicted molar refractivity (Wildman–Crippen MR) is 215 cm³/mol. The Bertz CT molecular complexity index is 1760. The molecule has 2 bridgehead atoms. The number of rotatable bonds is 16. The van der Waals surface area contributed by atoms with Crippen molar-refractivity contribution in [1.29, 1.82) is 0 Å². The van der Waals surface area contributed by atoms with Gasteiger partial charge in [-0.2, -0.15) is 9.61 Å². The molecule has 0 saturated heterocycles. The number of aliphatic hydroxyl groups is 1. The summed E-state index contributed by atoms with van der Waals surface area (Å²) < 4.78 is 21.2. The molecule has 3 atom stereocenters. The van der Waals surface area contributed by atoms with Gasteiger partial charge in [-0.3, -0.25) is 4.98 Å². The number of nitrogens with zero attached hydrogens (tertiary/aromatic N) is 5. The minimum Gasteiger partial charge on any atom is -0.496 e. The highest BCUT2D eigenvalue weighted by molar-refractivity contribution is 9.10. The summed E-state index contributed by atoms with van der Waals surface area (Å²) in [4.78, 5) is 12.5. The molecule has 1 aromatic carbocycles. The van der Waals surface area contributed by atoms with E-state index in [1.165, 1.54) is 32.1 Å². The third kappa shape index (κ3) is 9.31. The van der Waals surface area contributed by atoms with E-state index in [9.17, 15) is 5.11 Å². The van der Waals surface area contributed by atoms with Gasteiger partial charge in [-0.05, 0) is 83.4 Å². The highest BCUT2D eigenvalue weighted by Crippen LogP contribution is 2.50. The van der Waals surface area contributed by atoms with Crippen LogP contribution in [-0.2, 0) is 16.1 Å². The number of methoxy groups -OCH3 is 1. The fraction of sp³-hybridized carbons (Fsp3) is 0.564. The molecule has 2 aliphatic rings. The summed E-state index contributed by atoms with van der Waals surface area (Å²) in [7, 11) is -0.893. The van der Waals surface area contributed by atoms with E-state index in [4.69, 9.17) is 29.3 Å². The molecule has 1 N–H and O–H groups in total. The van der Waals surface area contributed by atoms with Gasteiger partial charge < -0.3 is 24.2 Å². The lowest BCUT2D eigenvalue weighted by atomic mass is 9.79. The fourth-order valence-corrected chi connectivity index (χ4v) is 9.85. The van der Waals surface area contributed by atoms with Crippen LogP contribution in [0.3, 0.4) is 0 Å². The molecule has 276 valence electrons. The van der Waals surface area contributed by atoms with E-state index < -0.39 is 16.1 Å². The number of aromatic nitrogens is 4. The smallest absolute Gasteiger partial charge is 0.165 e. The highest BCUT2D eigenvalue weighted by Gasteiger charge is 2.37. The maximum absolute atomic E-state index is 9.87. The number of anilines is 1. The van der Waals surface area contributed by atoms with E-state index >= 15 is 0 Å². The molecule has 0 radical (unpaired) electrons. The van der Waals surface area contributed by atoms with Gasteiger partial charge in [0.1, 0.15) is 19.2 Å². The highest BCUT2D eigenvalue weighted by atomic mass is 79.9. The molecule has 2 fully saturated rings. The molecule has 12 heteroatoms. The molecule has 2 aliphatic carbocycles. The minimum atomic E-state index is -1.25. The van der Waals surface area contributed by atoms with Gasteiger partial charge in [0.15, 0.2) is 11.5 Å². The van der Waals surface area contributed by atoms with E-state index in [0.29, 0.717) is 25.1 Å². The molecule has 2 saturated carbocycles. The van der Waals surface area contributed by atoms with E-state index in [2.05, 4.69) is 66.2 Å². The Balaban J connectivity index is 1.39. The summed E-state index contributed by atoms with van der Waals surface area (Å²) in [5, 5.41) is 14.8. The second kappa shape index (κ2) is 16.2. The van der Waals surface area contributed by atoms with Gasteiger partial charge in [0.2, 0.25) is 0 Å². The molecule has 0 spiro atoms. The Morgan fingerprint density at radius 1 is 0.882 bits per heavy atom. The summed E-state index contributed by atoms with van der Waals surface area (Å²) in [5.41, 5.74) is 6.29. The van der Waals surface area contributed by atoms with Crippen molar-refractivity contribution in [2.24, 2.45) is 11.8 Å². The topological polar surface area (TPSA) is 94.2 Å². The molecule has 6 rings (SSSR count). The Kier molecular flexibility index (Phi) is 12.1. The van der Waals surface area contributed by atoms with Crippen LogP contribution in [-0.4, -0.2) is 74.6 Å². The lowest BCUT2D eigenvalue weighted by Gasteiger charge is -2.31. The summed E-state index contributed by atoms with van der Waals surface area (Å²) in [6.45, 7) is 16.5. The average Bonchev–Trinajstić information content (AvgIpc) is 3.67. The van der Waals surface area contributed by atoms with Gasteiger partial charge >= 0.3 is 0 Å². The van der Waals surface area contributed by atoms with Crippen molar-refractivity contribution >= 4 is 43.5 Å². The zero-order valence-electron chi connectivity index (χ0n) is 31.5. The van der Waals surface area contributed by atoms with E-state index in [1.807, 2.05) is 41.2 Å². The van der Waals surface area contributed by atoms with Gasteiger partial charge in [0.25, 0.3) is 0 Å². The zero-order chi connectivity index (χ0) is 36.3. The SMILES string of the molecule is COc1ccc(-c2ccc(-c3cnn4c(N(COCC[Si](C)(C)C)COCC[Si](C)(C)C)c(Br)c(C5C[C@H]6CC[C@@H](C5)C6)nc34)cn2)cc1CO. The van der Waals surface area contributed by atoms with Crippen LogP contribution in [0.1, 0.15) is 49.3 Å². The zero-order valence-corrected chi connectivity index (χ0v) is 35.1. The molecular formula is C39H56BrN5O4Si2. The number of hydrogen-bond acceptors (Lipinski definition) is 8. The number of hydrogen-bond donors (Lipinski definition) is 1. The average molecular weight is 795 g/mol. The minimum absolute atomic E-state index is 0.102. The first kappa shape index (κ1) is 38.1. The van der Waals surface area contributed by atoms with Crippen molar-refractivity contribution in [3.8, 4) is 28.1 Å². The normalized spacial score (nSPS) is 19.2. The van der Waals surface area contributed by atoms with Gasteiger partial charge in [-0.25, -0.2) is 4.98 Å². The molecule has 0 amide bonds. The molecule has 9 nitrogen and oxygen atoms in total. The third-order valence-electron chi connectivity index (χ3n) is 10.5. The fourth-order valence-electron chi connectivity index (χ4n) is 7.50. The van der Waals surface area contributed by atoms with E-state index in [-0.39, 0.29) is 6.61 Å². The number of benzene rings is 1. The lowest BCUT2D eigenvalue weighted by molar-refractivity contribution is 0.0941. The summed E-state index contributed by atoms with van der Waals surface area (Å²) >= 11 is 4.10. The van der Waals surface area contributed by atoms with Crippen molar-refractivity contribution < 1.29 is 19.3 Å². The molecule has 4 aromatic rings. The van der Waals surface area contributed by atoms with Crippen LogP contribution < -0.4 is 9.64 Å². The molecule has 0 aliphatic heterocycles. The Labute approximate surface area is 314 Å². The third-order valence-corrected chi connectivity index (χ3v) is 14.6. The Morgan fingerprint density at radius 2 is 1.53 bits per heavy atom. The predicted octanol–water partition coefficient (Wildman–Crippen LogP) is 9.45. The van der Waals surface area contributed by atoms with Crippen molar-refractivity contribution in [2.75, 3.05) is 38.7 Å². The van der Waals surface area contributed by atoms with Gasteiger partial charge in [-0.15, -0.1) is 0 Å². The standard InChI is InChI=1S/C39H56BrN5O4Si2/c1-47-35-13-11-29(21-32(35)24-46)34-12-10-30(22-41-34)33-23-42-45-38(33)43-37(31-19-27-8-9-28(18-27)20-31)36(40)39(45)44(25-48-14-16-50(2,3)4)26-49-15-17-51(5,6)7/h10-13,21-23,27-28,31,46H,8-9,14-20,24-26H2,1-7H3/t27-,28+,31?. The number of aliphatic hydroxyl groups excluding tert-OH is 1. The van der Waals surface area contributed by atoms with Crippen molar-refractivity contribution in [2.45, 2.75) is 96.0 Å². The van der Waals surface area contributed by atoms with Crippen LogP contribution in [0.5, 0.6) is 5.75 Å². The monoisotopic (exact) mass is 793 g/mol. The first-order valence-electron chi connectivity index (χ1n) is 18.6. The first-order valence-corrected chi connectivity index (χ1v) is 26.8. The van der Waals surface area contributed by atoms with Gasteiger partial charge in [0.05, 0.1) is 35.8 Å². The largest absolute Gasteiger partial charge is 0.496 e. The summed E-state index contributed by atoms with van der Waals surface area (Å²) in [6.07, 6.45) is 10.2. The van der Waals surface area contributed by atoms with Crippen LogP contribution in [0.2, 0.25) is 51.4 Å². The van der Waals surface area contributed by atoms with Crippen LogP contribution in [0.15, 0.2) is 47.2 Å². The lowest BCUT2D eigenvalue weighted by Crippen LogP contribution is -2.34. The molecule has 3 aromatic heterocycles. The quantitative estimate of drug-likeness (QED) is 0.0682. The molecular weight excluding hydrogens is 739 g/mol. The van der Waals surface area contributed by atoms with E-state index in [1.54, 1.807) is 7.11 Å². The number of ether oxygens (including phenoxy) is 3. The summed E-state index contributed by atoms with van der Waals surface area (Å²) in [6, 6.07) is 12.1. The second-order valence-electron chi connectivity index (χ2n) is 17.0. The molecule has 3 heterocycles. The van der Waals surface area contributed by atoms with Crippen molar-refractivity contribution in [1.82, 2.24) is 19.6 Å². The van der Waals surface area contributed by atoms with Gasteiger partial charge in [0, 0.05) is 63.7 Å². The Morgan fingerprint density at radius 3 is 2.10 bits per heavy atom. The van der Waals surface area contributed by atoms with Crippen LogP contribution in [0.25, 0.3) is 28.0 Å². The van der Waals surface area contributed by atoms with Crippen molar-refractivity contribution in [3.05, 3.63) is 58.5 Å². The van der Waals surface area contributed by atoms with E-state index in [0.717, 1.165) is 86.7 Å². The van der Waals surface area contributed by atoms with Crippen LogP contribution in [0.4, 0.5) is 5.82 Å². The Hall–Kier alpha value is -2.62. The molecule has 51 heavy (non-hydrogen) atoms. The second-order valence-corrected chi connectivity index (χ2v) is 29.0. The van der Waals surface area contributed by atoms with Gasteiger partial charge in [-0.1, -0.05) is 58.2 Å². The van der Waals surface area contributed by atoms with Crippen LogP contribution in [0, 0.1) is 11.8 Å². The number of pyridine rings is 1. The summed E-state index contributed by atoms with van der Waals surface area (Å²) in [5.74, 6) is 3.53. The first-order chi connectivity index (χ1) is 24.3. The number of halogens is 1. The van der Waals surface area contributed by atoms with Crippen LogP contribution >= 0.6 is 15.9 Å². The maximum Gasteiger partial charge on any atom is 0.165 e.